The number of hydrogen-bond donors (Lipinski definition) is 2. The van der Waals surface area contributed by atoms with E-state index in [1.165, 1.54) is 0 Å². The van der Waals surface area contributed by atoms with E-state index in [1.54, 1.807) is 45.9 Å². The molecule has 0 fully saturated rings. The average Bonchev–Trinajstić information content (AvgIpc) is 2.45. The van der Waals surface area contributed by atoms with E-state index >= 15 is 0 Å². The topological polar surface area (TPSA) is 84.9 Å². The molecule has 0 bridgehead atoms. The van der Waals surface area contributed by atoms with E-state index < -0.39 is 17.6 Å². The minimum Gasteiger partial charge on any atom is -0.507 e. The fourth-order valence-electron chi connectivity index (χ4n) is 1.98. The standard InChI is InChI=1S/C17H24INO5/c1-5-23-15(21)12(10-19-16(22)24-17(2,3)4)8-11-6-7-14(20)13(18)9-11/h6-7,9,12,20H,5,8,10H2,1-4H3,(H,19,22). The molecule has 6 nitrogen and oxygen atoms in total. The number of alkyl carbamates (subject to hydrolysis) is 1. The van der Waals surface area contributed by atoms with Crippen LogP contribution in [0.5, 0.6) is 5.75 Å². The number of aromatic hydroxyl groups is 1. The number of carbonyl (C=O) groups is 2. The summed E-state index contributed by atoms with van der Waals surface area (Å²) in [6.07, 6.45) is -0.178. The van der Waals surface area contributed by atoms with Gasteiger partial charge in [0.25, 0.3) is 0 Å². The van der Waals surface area contributed by atoms with Gasteiger partial charge in [-0.3, -0.25) is 4.79 Å². The van der Waals surface area contributed by atoms with Crippen molar-refractivity contribution in [2.75, 3.05) is 13.2 Å². The number of rotatable bonds is 6. The zero-order chi connectivity index (χ0) is 18.3. The zero-order valence-electron chi connectivity index (χ0n) is 14.4. The maximum absolute atomic E-state index is 12.1. The number of benzene rings is 1. The number of carbonyl (C=O) groups excluding carboxylic acids is 2. The number of phenols is 1. The van der Waals surface area contributed by atoms with E-state index in [-0.39, 0.29) is 24.9 Å². The third kappa shape index (κ3) is 7.37. The molecule has 2 N–H and O–H groups in total. The van der Waals surface area contributed by atoms with Crippen molar-refractivity contribution >= 4 is 34.7 Å². The fourth-order valence-corrected chi connectivity index (χ4v) is 2.56. The summed E-state index contributed by atoms with van der Waals surface area (Å²) in [7, 11) is 0. The van der Waals surface area contributed by atoms with Crippen molar-refractivity contribution in [3.63, 3.8) is 0 Å². The molecule has 134 valence electrons. The van der Waals surface area contributed by atoms with E-state index in [2.05, 4.69) is 5.32 Å². The molecule has 1 aromatic carbocycles. The first-order valence-corrected chi connectivity index (χ1v) is 8.81. The van der Waals surface area contributed by atoms with Gasteiger partial charge < -0.3 is 19.9 Å². The van der Waals surface area contributed by atoms with Crippen LogP contribution in [0.25, 0.3) is 0 Å². The molecule has 24 heavy (non-hydrogen) atoms. The number of amides is 1. The van der Waals surface area contributed by atoms with Crippen molar-refractivity contribution in [1.82, 2.24) is 5.32 Å². The highest BCUT2D eigenvalue weighted by molar-refractivity contribution is 14.1. The van der Waals surface area contributed by atoms with Gasteiger partial charge in [-0.05, 0) is 74.4 Å². The van der Waals surface area contributed by atoms with Crippen LogP contribution in [0, 0.1) is 9.49 Å². The Morgan fingerprint density at radius 3 is 2.54 bits per heavy atom. The summed E-state index contributed by atoms with van der Waals surface area (Å²) in [6.45, 7) is 7.44. The molecule has 1 amide bonds. The van der Waals surface area contributed by atoms with Gasteiger partial charge in [-0.15, -0.1) is 0 Å². The first-order chi connectivity index (χ1) is 11.1. The summed E-state index contributed by atoms with van der Waals surface area (Å²) in [6, 6.07) is 5.13. The number of ether oxygens (including phenoxy) is 2. The fraction of sp³-hybridized carbons (Fsp3) is 0.529. The molecule has 1 atom stereocenters. The SMILES string of the molecule is CCOC(=O)C(CNC(=O)OC(C)(C)C)Cc1ccc(O)c(I)c1. The molecule has 0 spiro atoms. The van der Waals surface area contributed by atoms with Crippen LogP contribution in [0.2, 0.25) is 0 Å². The quantitative estimate of drug-likeness (QED) is 0.515. The normalized spacial score (nSPS) is 12.4. The summed E-state index contributed by atoms with van der Waals surface area (Å²) >= 11 is 2.02. The second-order valence-corrected chi connectivity index (χ2v) is 7.48. The molecule has 0 aliphatic carbocycles. The lowest BCUT2D eigenvalue weighted by molar-refractivity contribution is -0.147. The van der Waals surface area contributed by atoms with Crippen molar-refractivity contribution in [3.8, 4) is 5.75 Å². The van der Waals surface area contributed by atoms with Crippen LogP contribution < -0.4 is 5.32 Å². The van der Waals surface area contributed by atoms with Gasteiger partial charge in [0.05, 0.1) is 16.1 Å². The first-order valence-electron chi connectivity index (χ1n) is 7.73. The molecule has 0 aliphatic rings. The molecule has 0 heterocycles. The van der Waals surface area contributed by atoms with Gasteiger partial charge in [-0.25, -0.2) is 4.79 Å². The molecule has 1 rings (SSSR count). The average molecular weight is 449 g/mol. The molecule has 1 aromatic rings. The van der Waals surface area contributed by atoms with Gasteiger partial charge in [-0.2, -0.15) is 0 Å². The second-order valence-electron chi connectivity index (χ2n) is 6.32. The zero-order valence-corrected chi connectivity index (χ0v) is 16.5. The predicted molar refractivity (Wildman–Crippen MR) is 98.9 cm³/mol. The monoisotopic (exact) mass is 449 g/mol. The summed E-state index contributed by atoms with van der Waals surface area (Å²) in [4.78, 5) is 23.9. The summed E-state index contributed by atoms with van der Waals surface area (Å²) in [5.74, 6) is -0.714. The Kier molecular flexibility index (Phi) is 7.78. The van der Waals surface area contributed by atoms with Crippen LogP contribution in [0.15, 0.2) is 18.2 Å². The lowest BCUT2D eigenvalue weighted by Crippen LogP contribution is -2.38. The van der Waals surface area contributed by atoms with Crippen LogP contribution in [0.4, 0.5) is 4.79 Å². The van der Waals surface area contributed by atoms with E-state index in [9.17, 15) is 14.7 Å². The van der Waals surface area contributed by atoms with Crippen LogP contribution in [-0.2, 0) is 20.7 Å². The highest BCUT2D eigenvalue weighted by atomic mass is 127. The minimum atomic E-state index is -0.601. The summed E-state index contributed by atoms with van der Waals surface area (Å²) < 4.78 is 11.0. The lowest BCUT2D eigenvalue weighted by atomic mass is 9.99. The first kappa shape index (κ1) is 20.5. The lowest BCUT2D eigenvalue weighted by Gasteiger charge is -2.21. The Morgan fingerprint density at radius 2 is 2.00 bits per heavy atom. The Hall–Kier alpha value is -1.51. The third-order valence-electron chi connectivity index (χ3n) is 3.01. The Balaban J connectivity index is 2.75. The minimum absolute atomic E-state index is 0.116. The molecular weight excluding hydrogens is 425 g/mol. The Labute approximate surface area is 156 Å². The number of nitrogens with one attached hydrogen (secondary N) is 1. The van der Waals surface area contributed by atoms with E-state index in [0.29, 0.717) is 9.99 Å². The van der Waals surface area contributed by atoms with Crippen molar-refractivity contribution in [3.05, 3.63) is 27.3 Å². The molecule has 0 radical (unpaired) electrons. The van der Waals surface area contributed by atoms with Crippen LogP contribution in [0.3, 0.4) is 0 Å². The molecular formula is C17H24INO5. The van der Waals surface area contributed by atoms with E-state index in [1.807, 2.05) is 22.6 Å². The molecule has 1 unspecified atom stereocenters. The second kappa shape index (κ2) is 9.10. The summed E-state index contributed by atoms with van der Waals surface area (Å²) in [5.41, 5.74) is 0.276. The Morgan fingerprint density at radius 1 is 1.33 bits per heavy atom. The molecule has 0 aliphatic heterocycles. The summed E-state index contributed by atoms with van der Waals surface area (Å²) in [5, 5.41) is 12.2. The highest BCUT2D eigenvalue weighted by Gasteiger charge is 2.23. The highest BCUT2D eigenvalue weighted by Crippen LogP contribution is 2.22. The van der Waals surface area contributed by atoms with Crippen LogP contribution in [-0.4, -0.2) is 35.9 Å². The van der Waals surface area contributed by atoms with E-state index in [0.717, 1.165) is 5.56 Å². The number of halogens is 1. The molecule has 0 saturated heterocycles. The van der Waals surface area contributed by atoms with Gasteiger partial charge in [0.2, 0.25) is 0 Å². The van der Waals surface area contributed by atoms with Gasteiger partial charge in [0.15, 0.2) is 0 Å². The number of hydrogen-bond acceptors (Lipinski definition) is 5. The van der Waals surface area contributed by atoms with Gasteiger partial charge >= 0.3 is 12.1 Å². The van der Waals surface area contributed by atoms with E-state index in [4.69, 9.17) is 9.47 Å². The third-order valence-corrected chi connectivity index (χ3v) is 3.87. The maximum atomic E-state index is 12.1. The maximum Gasteiger partial charge on any atom is 0.407 e. The van der Waals surface area contributed by atoms with Crippen molar-refractivity contribution in [1.29, 1.82) is 0 Å². The number of esters is 1. The van der Waals surface area contributed by atoms with Gasteiger partial charge in [-0.1, -0.05) is 6.07 Å². The molecule has 0 aromatic heterocycles. The smallest absolute Gasteiger partial charge is 0.407 e. The molecule has 0 saturated carbocycles. The van der Waals surface area contributed by atoms with Crippen molar-refractivity contribution in [2.45, 2.75) is 39.7 Å². The molecule has 7 heteroatoms. The van der Waals surface area contributed by atoms with Crippen molar-refractivity contribution < 1.29 is 24.2 Å². The number of phenolic OH excluding ortho intramolecular Hbond substituents is 1. The Bertz CT molecular complexity index is 583. The van der Waals surface area contributed by atoms with Crippen molar-refractivity contribution in [2.24, 2.45) is 5.92 Å². The largest absolute Gasteiger partial charge is 0.507 e. The van der Waals surface area contributed by atoms with Gasteiger partial charge in [0.1, 0.15) is 11.4 Å². The predicted octanol–water partition coefficient (Wildman–Crippen LogP) is 3.24. The van der Waals surface area contributed by atoms with Gasteiger partial charge in [0, 0.05) is 6.54 Å². The van der Waals surface area contributed by atoms with Crippen LogP contribution >= 0.6 is 22.6 Å². The van der Waals surface area contributed by atoms with Crippen LogP contribution in [0.1, 0.15) is 33.3 Å².